The minimum absolute atomic E-state index is 0.300. The molecule has 0 heterocycles. The molecule has 2 N–H and O–H groups in total. The Balaban J connectivity index is 3.30. The molecule has 1 aromatic carbocycles. The Morgan fingerprint density at radius 2 is 2.11 bits per heavy atom. The first-order valence-electron chi connectivity index (χ1n) is 5.79. The molecule has 1 rings (SSSR count). The Bertz CT molecular complexity index is 436. The van der Waals surface area contributed by atoms with Crippen LogP contribution >= 0.6 is 15.9 Å². The van der Waals surface area contributed by atoms with Crippen LogP contribution in [0.25, 0.3) is 0 Å². The molecule has 1 atom stereocenters. The van der Waals surface area contributed by atoms with E-state index in [1.807, 2.05) is 13.0 Å². The number of methoxy groups -OCH3 is 1. The highest BCUT2D eigenvalue weighted by atomic mass is 79.9. The van der Waals surface area contributed by atoms with Crippen LogP contribution in [0.3, 0.4) is 0 Å². The van der Waals surface area contributed by atoms with E-state index in [0.29, 0.717) is 24.3 Å². The third-order valence-corrected chi connectivity index (χ3v) is 3.33. The Hall–Kier alpha value is -1.07. The zero-order valence-corrected chi connectivity index (χ0v) is 12.4. The van der Waals surface area contributed by atoms with E-state index in [1.54, 1.807) is 26.2 Å². The van der Waals surface area contributed by atoms with Gasteiger partial charge in [-0.2, -0.15) is 0 Å². The quantitative estimate of drug-likeness (QED) is 0.848. The molecular weight excluding hydrogens is 298 g/mol. The van der Waals surface area contributed by atoms with Crippen molar-refractivity contribution in [2.24, 2.45) is 5.73 Å². The number of hydrogen-bond donors (Lipinski definition) is 1. The van der Waals surface area contributed by atoms with E-state index in [4.69, 9.17) is 15.2 Å². The maximum Gasteiger partial charge on any atom is 0.330 e. The molecule has 0 radical (unpaired) electrons. The fraction of sp³-hybridized carbons (Fsp3) is 0.462. The summed E-state index contributed by atoms with van der Waals surface area (Å²) in [5.74, 6) is 0.138. The van der Waals surface area contributed by atoms with Gasteiger partial charge in [-0.15, -0.1) is 0 Å². The van der Waals surface area contributed by atoms with Gasteiger partial charge < -0.3 is 15.2 Å². The lowest BCUT2D eigenvalue weighted by atomic mass is 9.87. The summed E-state index contributed by atoms with van der Waals surface area (Å²) in [6, 6.07) is 5.40. The zero-order chi connectivity index (χ0) is 13.8. The lowest BCUT2D eigenvalue weighted by Crippen LogP contribution is -2.45. The van der Waals surface area contributed by atoms with Crippen molar-refractivity contribution in [1.29, 1.82) is 0 Å². The third kappa shape index (κ3) is 2.84. The molecule has 1 aromatic rings. The number of nitrogens with two attached hydrogens (primary N) is 1. The number of rotatable bonds is 5. The van der Waals surface area contributed by atoms with E-state index in [9.17, 15) is 4.79 Å². The molecule has 0 spiro atoms. The highest BCUT2D eigenvalue weighted by molar-refractivity contribution is 9.10. The molecule has 5 heteroatoms. The van der Waals surface area contributed by atoms with Crippen LogP contribution in [0, 0.1) is 0 Å². The van der Waals surface area contributed by atoms with Gasteiger partial charge >= 0.3 is 5.97 Å². The van der Waals surface area contributed by atoms with Gasteiger partial charge in [0.2, 0.25) is 0 Å². The molecule has 0 amide bonds. The number of esters is 1. The average Bonchev–Trinajstić information content (AvgIpc) is 2.38. The van der Waals surface area contributed by atoms with Crippen LogP contribution in [0.15, 0.2) is 22.7 Å². The van der Waals surface area contributed by atoms with E-state index in [2.05, 4.69) is 15.9 Å². The summed E-state index contributed by atoms with van der Waals surface area (Å²) >= 11 is 3.37. The molecule has 0 saturated heterocycles. The summed E-state index contributed by atoms with van der Waals surface area (Å²) in [7, 11) is 1.55. The monoisotopic (exact) mass is 315 g/mol. The summed E-state index contributed by atoms with van der Waals surface area (Å²) in [6.07, 6.45) is 0.429. The summed E-state index contributed by atoms with van der Waals surface area (Å²) in [5.41, 5.74) is 5.65. The fourth-order valence-corrected chi connectivity index (χ4v) is 2.09. The Kier molecular flexibility index (Phi) is 5.16. The molecule has 0 aliphatic rings. The van der Waals surface area contributed by atoms with Crippen molar-refractivity contribution in [2.75, 3.05) is 13.7 Å². The number of ether oxygens (including phenoxy) is 2. The van der Waals surface area contributed by atoms with E-state index in [0.717, 1.165) is 4.47 Å². The summed E-state index contributed by atoms with van der Waals surface area (Å²) < 4.78 is 11.2. The Labute approximate surface area is 116 Å². The second-order valence-corrected chi connectivity index (χ2v) is 4.81. The van der Waals surface area contributed by atoms with Gasteiger partial charge in [-0.05, 0) is 31.5 Å². The van der Waals surface area contributed by atoms with Crippen LogP contribution in [0.1, 0.15) is 25.8 Å². The van der Waals surface area contributed by atoms with Gasteiger partial charge in [-0.1, -0.05) is 22.9 Å². The Morgan fingerprint density at radius 3 is 2.61 bits per heavy atom. The molecule has 0 fully saturated rings. The molecular formula is C13H18BrNO3. The first-order chi connectivity index (χ1) is 8.49. The van der Waals surface area contributed by atoms with Crippen LogP contribution in [-0.4, -0.2) is 19.7 Å². The van der Waals surface area contributed by atoms with Gasteiger partial charge in [0.15, 0.2) is 0 Å². The van der Waals surface area contributed by atoms with E-state index in [-0.39, 0.29) is 0 Å². The van der Waals surface area contributed by atoms with Crippen molar-refractivity contribution in [3.8, 4) is 5.75 Å². The lowest BCUT2D eigenvalue weighted by Gasteiger charge is -2.27. The maximum atomic E-state index is 12.1. The van der Waals surface area contributed by atoms with Gasteiger partial charge in [0.05, 0.1) is 13.7 Å². The predicted octanol–water partition coefficient (Wildman–Crippen LogP) is 2.58. The minimum Gasteiger partial charge on any atom is -0.496 e. The van der Waals surface area contributed by atoms with Gasteiger partial charge in [-0.3, -0.25) is 0 Å². The minimum atomic E-state index is -1.19. The largest absolute Gasteiger partial charge is 0.496 e. The molecule has 0 aliphatic heterocycles. The number of halogens is 1. The average molecular weight is 316 g/mol. The summed E-state index contributed by atoms with van der Waals surface area (Å²) in [6.45, 7) is 3.90. The molecule has 18 heavy (non-hydrogen) atoms. The number of hydrogen-bond acceptors (Lipinski definition) is 4. The predicted molar refractivity (Wildman–Crippen MR) is 73.5 cm³/mol. The molecule has 1 unspecified atom stereocenters. The van der Waals surface area contributed by atoms with Crippen molar-refractivity contribution >= 4 is 21.9 Å². The molecule has 100 valence electrons. The Morgan fingerprint density at radius 1 is 1.44 bits per heavy atom. The summed E-state index contributed by atoms with van der Waals surface area (Å²) in [5, 5.41) is 0. The standard InChI is InChI=1S/C13H18BrNO3/c1-4-13(15,12(16)18-5-2)10-8-9(14)6-7-11(10)17-3/h6-8H,4-5,15H2,1-3H3. The summed E-state index contributed by atoms with van der Waals surface area (Å²) in [4.78, 5) is 12.1. The second kappa shape index (κ2) is 6.20. The van der Waals surface area contributed by atoms with Crippen molar-refractivity contribution in [3.05, 3.63) is 28.2 Å². The third-order valence-electron chi connectivity index (χ3n) is 2.84. The molecule has 0 aliphatic carbocycles. The molecule has 0 bridgehead atoms. The second-order valence-electron chi connectivity index (χ2n) is 3.89. The van der Waals surface area contributed by atoms with Crippen LogP contribution < -0.4 is 10.5 Å². The van der Waals surface area contributed by atoms with Crippen molar-refractivity contribution < 1.29 is 14.3 Å². The van der Waals surface area contributed by atoms with Crippen molar-refractivity contribution in [1.82, 2.24) is 0 Å². The molecule has 0 aromatic heterocycles. The maximum absolute atomic E-state index is 12.1. The van der Waals surface area contributed by atoms with Crippen molar-refractivity contribution in [3.63, 3.8) is 0 Å². The van der Waals surface area contributed by atoms with E-state index in [1.165, 1.54) is 0 Å². The smallest absolute Gasteiger partial charge is 0.330 e. The highest BCUT2D eigenvalue weighted by Gasteiger charge is 2.38. The van der Waals surface area contributed by atoms with Gasteiger partial charge in [0.1, 0.15) is 11.3 Å². The van der Waals surface area contributed by atoms with Crippen molar-refractivity contribution in [2.45, 2.75) is 25.8 Å². The normalized spacial score (nSPS) is 13.8. The van der Waals surface area contributed by atoms with E-state index < -0.39 is 11.5 Å². The topological polar surface area (TPSA) is 61.5 Å². The molecule has 4 nitrogen and oxygen atoms in total. The first-order valence-corrected chi connectivity index (χ1v) is 6.59. The fourth-order valence-electron chi connectivity index (χ4n) is 1.73. The van der Waals surface area contributed by atoms with Gasteiger partial charge in [0, 0.05) is 10.0 Å². The number of carbonyl (C=O) groups is 1. The van der Waals surface area contributed by atoms with Crippen LogP contribution in [0.4, 0.5) is 0 Å². The number of carbonyl (C=O) groups excluding carboxylic acids is 1. The van der Waals surface area contributed by atoms with E-state index >= 15 is 0 Å². The highest BCUT2D eigenvalue weighted by Crippen LogP contribution is 2.34. The lowest BCUT2D eigenvalue weighted by molar-refractivity contribution is -0.150. The zero-order valence-electron chi connectivity index (χ0n) is 10.8. The molecule has 0 saturated carbocycles. The SMILES string of the molecule is CCOC(=O)C(N)(CC)c1cc(Br)ccc1OC. The van der Waals surface area contributed by atoms with Gasteiger partial charge in [0.25, 0.3) is 0 Å². The van der Waals surface area contributed by atoms with Crippen LogP contribution in [0.2, 0.25) is 0 Å². The van der Waals surface area contributed by atoms with Crippen LogP contribution in [0.5, 0.6) is 5.75 Å². The number of benzene rings is 1. The van der Waals surface area contributed by atoms with Crippen LogP contribution in [-0.2, 0) is 15.1 Å². The first kappa shape index (κ1) is 15.0. The van der Waals surface area contributed by atoms with Gasteiger partial charge in [-0.25, -0.2) is 4.79 Å².